The van der Waals surface area contributed by atoms with Gasteiger partial charge in [-0.2, -0.15) is 46.1 Å². The predicted molar refractivity (Wildman–Crippen MR) is 68.8 cm³/mol. The lowest BCUT2D eigenvalue weighted by atomic mass is 10.1. The van der Waals surface area contributed by atoms with Crippen LogP contribution in [0.25, 0.3) is 0 Å². The van der Waals surface area contributed by atoms with Gasteiger partial charge in [-0.3, -0.25) is 0 Å². The van der Waals surface area contributed by atoms with Crippen LogP contribution in [0.2, 0.25) is 13.1 Å². The number of quaternary nitrogens is 1. The lowest BCUT2D eigenvalue weighted by Gasteiger charge is -2.47. The molecule has 0 aromatic rings. The van der Waals surface area contributed by atoms with Gasteiger partial charge in [0.25, 0.3) is 8.96 Å². The van der Waals surface area contributed by atoms with Crippen LogP contribution in [-0.4, -0.2) is 45.3 Å². The number of nitrogens with zero attached hydrogens (tertiary/aromatic N) is 1. The van der Waals surface area contributed by atoms with Crippen LogP contribution in [0.5, 0.6) is 0 Å². The first-order valence-electron chi connectivity index (χ1n) is 5.71. The van der Waals surface area contributed by atoms with Crippen molar-refractivity contribution in [3.8, 4) is 0 Å². The smallest absolute Gasteiger partial charge is 0.164 e. The van der Waals surface area contributed by atoms with Gasteiger partial charge in [-0.15, -0.1) is 0 Å². The minimum Gasteiger partial charge on any atom is -0.164 e. The summed E-state index contributed by atoms with van der Waals surface area (Å²) in [6.45, 7) is 3.75. The summed E-state index contributed by atoms with van der Waals surface area (Å²) in [7, 11) is -17.1. The Morgan fingerprint density at radius 1 is 0.727 bits per heavy atom. The van der Waals surface area contributed by atoms with E-state index in [1.54, 1.807) is 0 Å². The molecule has 0 saturated heterocycles. The fourth-order valence-electron chi connectivity index (χ4n) is 2.49. The van der Waals surface area contributed by atoms with Gasteiger partial charge in [0.1, 0.15) is 5.54 Å². The molecule has 22 heavy (non-hydrogen) atoms. The molecule has 0 aliphatic carbocycles. The number of sulfonamides is 2. The van der Waals surface area contributed by atoms with Crippen LogP contribution in [0, 0.1) is 0 Å². The molecule has 0 spiro atoms. The van der Waals surface area contributed by atoms with Gasteiger partial charge in [0.15, 0.2) is 0 Å². The third-order valence-corrected chi connectivity index (χ3v) is 14.1. The van der Waals surface area contributed by atoms with E-state index >= 15 is 0 Å². The Balaban J connectivity index is 7.36. The van der Waals surface area contributed by atoms with Crippen LogP contribution in [0.4, 0.5) is 26.3 Å². The van der Waals surface area contributed by atoms with Crippen LogP contribution in [0.1, 0.15) is 20.8 Å². The fraction of sp³-hybridized carbons (Fsp3) is 1.00. The molecule has 0 aromatic carbocycles. The van der Waals surface area contributed by atoms with Gasteiger partial charge in [-0.1, -0.05) is 0 Å². The Labute approximate surface area is 126 Å². The van der Waals surface area contributed by atoms with E-state index in [4.69, 9.17) is 0 Å². The highest BCUT2D eigenvalue weighted by Crippen LogP contribution is 2.48. The minimum atomic E-state index is -6.71. The molecule has 0 amide bonds. The molecule has 0 radical (unpaired) electrons. The second-order valence-corrected chi connectivity index (χ2v) is 13.6. The molecule has 14 heteroatoms. The average molecular weight is 396 g/mol. The maximum atomic E-state index is 12.9. The van der Waals surface area contributed by atoms with E-state index in [-0.39, 0.29) is 0 Å². The number of halogens is 6. The van der Waals surface area contributed by atoms with Crippen LogP contribution in [0.15, 0.2) is 0 Å². The summed E-state index contributed by atoms with van der Waals surface area (Å²) in [6.07, 6.45) is 0. The maximum absolute atomic E-state index is 12.9. The molecule has 0 N–H and O–H groups in total. The number of rotatable bonds is 3. The maximum Gasteiger partial charge on any atom is 0.548 e. The molecular formula is C8H16F6NO4S2Si+. The molecule has 0 aliphatic rings. The summed E-state index contributed by atoms with van der Waals surface area (Å²) in [5.41, 5.74) is -14.7. The largest absolute Gasteiger partial charge is 0.548 e. The first-order chi connectivity index (χ1) is 9.19. The third kappa shape index (κ3) is 2.67. The molecule has 0 rings (SSSR count). The second-order valence-electron chi connectivity index (χ2n) is 5.70. The van der Waals surface area contributed by atoms with Gasteiger partial charge in [0.05, 0.1) is 0 Å². The molecule has 0 saturated carbocycles. The summed E-state index contributed by atoms with van der Waals surface area (Å²) in [4.78, 5) is 0. The third-order valence-electron chi connectivity index (χ3n) is 2.91. The van der Waals surface area contributed by atoms with Crippen molar-refractivity contribution in [3.63, 3.8) is 0 Å². The van der Waals surface area contributed by atoms with E-state index in [0.717, 1.165) is 13.1 Å². The van der Waals surface area contributed by atoms with Crippen molar-refractivity contribution >= 4 is 29.0 Å². The fourth-order valence-corrected chi connectivity index (χ4v) is 12.8. The van der Waals surface area contributed by atoms with Crippen molar-refractivity contribution in [2.75, 3.05) is 0 Å². The van der Waals surface area contributed by atoms with Crippen molar-refractivity contribution in [2.24, 2.45) is 0 Å². The van der Waals surface area contributed by atoms with Crippen LogP contribution < -0.4 is 0 Å². The lowest BCUT2D eigenvalue weighted by molar-refractivity contribution is -0.628. The van der Waals surface area contributed by atoms with Gasteiger partial charge in [-0.05, 0) is 33.9 Å². The summed E-state index contributed by atoms with van der Waals surface area (Å²) < 4.78 is 122. The van der Waals surface area contributed by atoms with Gasteiger partial charge < -0.3 is 0 Å². The first-order valence-corrected chi connectivity index (χ1v) is 11.4. The van der Waals surface area contributed by atoms with Gasteiger partial charge >= 0.3 is 31.1 Å². The van der Waals surface area contributed by atoms with Crippen molar-refractivity contribution in [2.45, 2.75) is 50.4 Å². The Morgan fingerprint density at radius 3 is 1.05 bits per heavy atom. The molecule has 0 heterocycles. The monoisotopic (exact) mass is 396 g/mol. The molecule has 0 aromatic heterocycles. The lowest BCUT2D eigenvalue weighted by Crippen LogP contribution is -2.75. The zero-order chi connectivity index (χ0) is 18.6. The number of hydrogen-bond donors (Lipinski definition) is 0. The summed E-state index contributed by atoms with van der Waals surface area (Å²) in [5.74, 6) is 0. The molecular weight excluding hydrogens is 380 g/mol. The van der Waals surface area contributed by atoms with Crippen LogP contribution >= 0.6 is 0 Å². The van der Waals surface area contributed by atoms with E-state index in [0.29, 0.717) is 20.8 Å². The number of alkyl halides is 6. The van der Waals surface area contributed by atoms with Crippen LogP contribution in [-0.2, 0) is 20.0 Å². The SMILES string of the molecule is C[SiH](C)[N+](C(C)(C)C)(S(=O)(=O)C(F)(F)F)S(=O)(=O)C(F)(F)F. The van der Waals surface area contributed by atoms with E-state index in [1.165, 1.54) is 0 Å². The van der Waals surface area contributed by atoms with Gasteiger partial charge in [0, 0.05) is 0 Å². The highest BCUT2D eigenvalue weighted by molar-refractivity contribution is 8.00. The molecule has 0 atom stereocenters. The summed E-state index contributed by atoms with van der Waals surface area (Å²) in [5, 5.41) is 0. The van der Waals surface area contributed by atoms with E-state index in [1.807, 2.05) is 0 Å². The molecule has 0 aliphatic heterocycles. The normalized spacial score (nSPS) is 16.2. The van der Waals surface area contributed by atoms with Crippen molar-refractivity contribution in [1.82, 2.24) is 0 Å². The molecule has 5 nitrogen and oxygen atoms in total. The highest BCUT2D eigenvalue weighted by atomic mass is 32.3. The average Bonchev–Trinajstić information content (AvgIpc) is 2.09. The van der Waals surface area contributed by atoms with E-state index in [2.05, 4.69) is 0 Å². The second kappa shape index (κ2) is 5.34. The van der Waals surface area contributed by atoms with Gasteiger partial charge in [0.2, 0.25) is 0 Å². The topological polar surface area (TPSA) is 68.3 Å². The predicted octanol–water partition coefficient (Wildman–Crippen LogP) is 2.28. The van der Waals surface area contributed by atoms with Gasteiger partial charge in [-0.25, -0.2) is 0 Å². The molecule has 0 fully saturated rings. The highest BCUT2D eigenvalue weighted by Gasteiger charge is 2.77. The van der Waals surface area contributed by atoms with Crippen LogP contribution in [0.3, 0.4) is 0 Å². The molecule has 134 valence electrons. The molecule has 0 bridgehead atoms. The molecule has 0 unspecified atom stereocenters. The van der Waals surface area contributed by atoms with E-state index < -0.39 is 48.5 Å². The number of hydrogen-bond acceptors (Lipinski definition) is 4. The Kier molecular flexibility index (Phi) is 5.26. The minimum absolute atomic E-state index is 0.715. The first kappa shape index (κ1) is 21.7. The quantitative estimate of drug-likeness (QED) is 0.542. The summed E-state index contributed by atoms with van der Waals surface area (Å²) >= 11 is 0. The Bertz CT molecular complexity index is 585. The van der Waals surface area contributed by atoms with E-state index in [9.17, 15) is 43.2 Å². The summed E-state index contributed by atoms with van der Waals surface area (Å²) in [6, 6.07) is 0. The zero-order valence-electron chi connectivity index (χ0n) is 12.2. The Hall–Kier alpha value is -0.343. The zero-order valence-corrected chi connectivity index (χ0v) is 15.0. The van der Waals surface area contributed by atoms with Crippen molar-refractivity contribution in [3.05, 3.63) is 0 Å². The standard InChI is InChI=1S/C8H16F6NO4S2Si/c1-6(2,3)15(22(4)5,20(16,17)7(9,10)11)21(18,19)8(12,13)14/h22H,1-5H3/q+1. The van der Waals surface area contributed by atoms with Crippen molar-refractivity contribution in [1.29, 1.82) is 0 Å². The Morgan fingerprint density at radius 2 is 0.955 bits per heavy atom. The van der Waals surface area contributed by atoms with Crippen molar-refractivity contribution < 1.29 is 46.1 Å².